The van der Waals surface area contributed by atoms with Gasteiger partial charge in [-0.1, -0.05) is 18.6 Å². The van der Waals surface area contributed by atoms with Gasteiger partial charge >= 0.3 is 0 Å². The van der Waals surface area contributed by atoms with E-state index >= 15 is 0 Å². The number of allylic oxidation sites excluding steroid dienone is 1. The maximum Gasteiger partial charge on any atom is 0.232 e. The van der Waals surface area contributed by atoms with Crippen LogP contribution in [0.25, 0.3) is 6.08 Å². The highest BCUT2D eigenvalue weighted by molar-refractivity contribution is 6.15. The summed E-state index contributed by atoms with van der Waals surface area (Å²) in [5, 5.41) is 10.7. The smallest absolute Gasteiger partial charge is 0.232 e. The second-order valence-corrected chi connectivity index (χ2v) is 8.15. The average Bonchev–Trinajstić information content (AvgIpc) is 3.04. The van der Waals surface area contributed by atoms with Gasteiger partial charge < -0.3 is 14.6 Å². The number of hydrogen-bond donors (Lipinski definition) is 1. The third-order valence-corrected chi connectivity index (χ3v) is 6.01. The first-order valence-corrected chi connectivity index (χ1v) is 10.7. The minimum absolute atomic E-state index is 0.135. The highest BCUT2D eigenvalue weighted by atomic mass is 16.5. The standard InChI is InChI=1S/C25H29NO4/c1-4-29-19-10-8-18(9-11-19)14-22-24(28)23-16(2)13-21(27)20(25(23)30-22)15-26-12-6-5-7-17(26)3/h8-11,13-14,17,27H,4-7,12,15H2,1-3H3/b22-14-. The van der Waals surface area contributed by atoms with E-state index in [1.54, 1.807) is 12.1 Å². The van der Waals surface area contributed by atoms with E-state index < -0.39 is 0 Å². The number of nitrogens with zero attached hydrogens (tertiary/aromatic N) is 1. The molecule has 2 aromatic carbocycles. The molecule has 158 valence electrons. The molecule has 5 nitrogen and oxygen atoms in total. The van der Waals surface area contributed by atoms with E-state index in [4.69, 9.17) is 9.47 Å². The summed E-state index contributed by atoms with van der Waals surface area (Å²) >= 11 is 0. The lowest BCUT2D eigenvalue weighted by molar-refractivity contribution is 0.101. The number of likely N-dealkylation sites (tertiary alicyclic amines) is 1. The van der Waals surface area contributed by atoms with E-state index in [-0.39, 0.29) is 17.3 Å². The van der Waals surface area contributed by atoms with Crippen LogP contribution in [0.5, 0.6) is 17.2 Å². The van der Waals surface area contributed by atoms with Gasteiger partial charge in [-0.05, 0) is 75.6 Å². The van der Waals surface area contributed by atoms with Gasteiger partial charge in [0.05, 0.1) is 17.7 Å². The number of carbonyl (C=O) groups excluding carboxylic acids is 1. The molecule has 1 fully saturated rings. The molecule has 4 rings (SSSR count). The van der Waals surface area contributed by atoms with Crippen LogP contribution in [0.2, 0.25) is 0 Å². The SMILES string of the molecule is CCOc1ccc(/C=C2\Oc3c(CN4CCCCC4C)c(O)cc(C)c3C2=O)cc1. The molecule has 2 aromatic rings. The Balaban J connectivity index is 1.65. The van der Waals surface area contributed by atoms with Crippen molar-refractivity contribution in [2.24, 2.45) is 0 Å². The van der Waals surface area contributed by atoms with Crippen LogP contribution in [0.4, 0.5) is 0 Å². The summed E-state index contributed by atoms with van der Waals surface area (Å²) in [5.41, 5.74) is 2.86. The molecular weight excluding hydrogens is 378 g/mol. The number of hydrogen-bond acceptors (Lipinski definition) is 5. The predicted octanol–water partition coefficient (Wildman–Crippen LogP) is 5.09. The molecular formula is C25H29NO4. The van der Waals surface area contributed by atoms with Crippen molar-refractivity contribution in [1.29, 1.82) is 0 Å². The Hall–Kier alpha value is -2.79. The van der Waals surface area contributed by atoms with Gasteiger partial charge in [0, 0.05) is 12.6 Å². The van der Waals surface area contributed by atoms with E-state index in [1.807, 2.05) is 38.1 Å². The maximum atomic E-state index is 13.1. The zero-order valence-corrected chi connectivity index (χ0v) is 17.9. The van der Waals surface area contributed by atoms with Crippen LogP contribution < -0.4 is 9.47 Å². The summed E-state index contributed by atoms with van der Waals surface area (Å²) in [6.45, 7) is 8.18. The van der Waals surface area contributed by atoms with Crippen molar-refractivity contribution >= 4 is 11.9 Å². The van der Waals surface area contributed by atoms with Gasteiger partial charge in [0.25, 0.3) is 0 Å². The van der Waals surface area contributed by atoms with Gasteiger partial charge in [0.15, 0.2) is 5.76 Å². The number of ketones is 1. The molecule has 0 aliphatic carbocycles. The molecule has 5 heteroatoms. The largest absolute Gasteiger partial charge is 0.507 e. The summed E-state index contributed by atoms with van der Waals surface area (Å²) < 4.78 is 11.5. The van der Waals surface area contributed by atoms with Crippen LogP contribution in [0.1, 0.15) is 60.2 Å². The molecule has 0 saturated carbocycles. The van der Waals surface area contributed by atoms with Gasteiger partial charge in [0.2, 0.25) is 5.78 Å². The number of carbonyl (C=O) groups is 1. The zero-order chi connectivity index (χ0) is 21.3. The number of aryl methyl sites for hydroxylation is 1. The molecule has 1 saturated heterocycles. The Labute approximate surface area is 177 Å². The molecule has 0 spiro atoms. The lowest BCUT2D eigenvalue weighted by Crippen LogP contribution is -2.36. The lowest BCUT2D eigenvalue weighted by Gasteiger charge is -2.33. The fourth-order valence-corrected chi connectivity index (χ4v) is 4.31. The number of phenols is 1. The van der Waals surface area contributed by atoms with Gasteiger partial charge in [-0.15, -0.1) is 0 Å². The molecule has 2 heterocycles. The molecule has 0 aromatic heterocycles. The minimum atomic E-state index is -0.135. The summed E-state index contributed by atoms with van der Waals surface area (Å²) in [4.78, 5) is 15.5. The third-order valence-electron chi connectivity index (χ3n) is 6.01. The van der Waals surface area contributed by atoms with Crippen molar-refractivity contribution in [3.63, 3.8) is 0 Å². The maximum absolute atomic E-state index is 13.1. The van der Waals surface area contributed by atoms with Crippen LogP contribution in [0, 0.1) is 6.92 Å². The fraction of sp³-hybridized carbons (Fsp3) is 0.400. The van der Waals surface area contributed by atoms with Gasteiger partial charge in [-0.2, -0.15) is 0 Å². The molecule has 2 aliphatic rings. The van der Waals surface area contributed by atoms with E-state index in [2.05, 4.69) is 11.8 Å². The number of fused-ring (bicyclic) bond motifs is 1. The van der Waals surface area contributed by atoms with Crippen molar-refractivity contribution in [1.82, 2.24) is 4.90 Å². The summed E-state index contributed by atoms with van der Waals surface area (Å²) in [5.74, 6) is 1.65. The number of aromatic hydroxyl groups is 1. The van der Waals surface area contributed by atoms with Crippen LogP contribution in [0.3, 0.4) is 0 Å². The first-order valence-electron chi connectivity index (χ1n) is 10.7. The van der Waals surface area contributed by atoms with E-state index in [0.717, 1.165) is 36.3 Å². The predicted molar refractivity (Wildman–Crippen MR) is 117 cm³/mol. The second kappa shape index (κ2) is 8.52. The average molecular weight is 408 g/mol. The highest BCUT2D eigenvalue weighted by Gasteiger charge is 2.34. The molecule has 1 N–H and O–H groups in total. The van der Waals surface area contributed by atoms with Crippen molar-refractivity contribution in [2.45, 2.75) is 52.6 Å². The topological polar surface area (TPSA) is 59.0 Å². The third kappa shape index (κ3) is 3.94. The summed E-state index contributed by atoms with van der Waals surface area (Å²) in [7, 11) is 0. The molecule has 0 amide bonds. The number of Topliss-reactive ketones (excluding diaryl/α,β-unsaturated/α-hetero) is 1. The second-order valence-electron chi connectivity index (χ2n) is 8.15. The Morgan fingerprint density at radius 1 is 1.27 bits per heavy atom. The number of benzene rings is 2. The molecule has 2 aliphatic heterocycles. The lowest BCUT2D eigenvalue weighted by atomic mass is 9.97. The van der Waals surface area contributed by atoms with Gasteiger partial charge in [-0.25, -0.2) is 0 Å². The van der Waals surface area contributed by atoms with Gasteiger partial charge in [-0.3, -0.25) is 9.69 Å². The van der Waals surface area contributed by atoms with Crippen LogP contribution >= 0.6 is 0 Å². The number of ether oxygens (including phenoxy) is 2. The van der Waals surface area contributed by atoms with Crippen LogP contribution in [-0.4, -0.2) is 35.0 Å². The Morgan fingerprint density at radius 3 is 2.73 bits per heavy atom. The van der Waals surface area contributed by atoms with E-state index in [0.29, 0.717) is 36.1 Å². The van der Waals surface area contributed by atoms with E-state index in [1.165, 1.54) is 6.42 Å². The Bertz CT molecular complexity index is 978. The molecule has 0 radical (unpaired) electrons. The van der Waals surface area contributed by atoms with Gasteiger partial charge in [0.1, 0.15) is 17.2 Å². The quantitative estimate of drug-likeness (QED) is 0.700. The number of phenolic OH excluding ortho intramolecular Hbond substituents is 1. The first kappa shape index (κ1) is 20.5. The highest BCUT2D eigenvalue weighted by Crippen LogP contribution is 2.42. The molecule has 1 unspecified atom stereocenters. The Morgan fingerprint density at radius 2 is 2.03 bits per heavy atom. The molecule has 30 heavy (non-hydrogen) atoms. The van der Waals surface area contributed by atoms with Crippen molar-refractivity contribution in [3.8, 4) is 17.2 Å². The van der Waals surface area contributed by atoms with Crippen molar-refractivity contribution < 1.29 is 19.4 Å². The van der Waals surface area contributed by atoms with Crippen LogP contribution in [0.15, 0.2) is 36.1 Å². The zero-order valence-electron chi connectivity index (χ0n) is 17.9. The summed E-state index contributed by atoms with van der Waals surface area (Å²) in [6, 6.07) is 9.69. The number of piperidine rings is 1. The Kier molecular flexibility index (Phi) is 5.82. The monoisotopic (exact) mass is 407 g/mol. The summed E-state index contributed by atoms with van der Waals surface area (Å²) in [6.07, 6.45) is 5.29. The molecule has 1 atom stereocenters. The first-order chi connectivity index (χ1) is 14.5. The van der Waals surface area contributed by atoms with Crippen molar-refractivity contribution in [2.75, 3.05) is 13.2 Å². The normalized spacial score (nSPS) is 20.3. The fourth-order valence-electron chi connectivity index (χ4n) is 4.31. The van der Waals surface area contributed by atoms with Crippen molar-refractivity contribution in [3.05, 3.63) is 58.3 Å². The molecule has 0 bridgehead atoms. The van der Waals surface area contributed by atoms with E-state index in [9.17, 15) is 9.90 Å². The van der Waals surface area contributed by atoms with Crippen LogP contribution in [-0.2, 0) is 6.54 Å². The number of rotatable bonds is 5. The minimum Gasteiger partial charge on any atom is -0.507 e.